The average Bonchev–Trinajstić information content (AvgIpc) is 2.96. The second-order valence-electron chi connectivity index (χ2n) is 6.64. The van der Waals surface area contributed by atoms with Crippen LogP contribution in [0.25, 0.3) is 10.9 Å². The summed E-state index contributed by atoms with van der Waals surface area (Å²) in [6.45, 7) is -0.376. The van der Waals surface area contributed by atoms with Gasteiger partial charge in [0.05, 0.1) is 28.5 Å². The number of amides is 2. The molecule has 6 nitrogen and oxygen atoms in total. The minimum atomic E-state index is -4.23. The third kappa shape index (κ3) is 4.06. The molecule has 0 bridgehead atoms. The normalized spacial score (nSPS) is 14.7. The number of H-pyrrole nitrogens is 1. The van der Waals surface area contributed by atoms with Gasteiger partial charge in [-0.25, -0.2) is 9.78 Å². The molecule has 29 heavy (non-hydrogen) atoms. The molecule has 0 radical (unpaired) electrons. The largest absolute Gasteiger partial charge is 0.395 e. The molecule has 2 aromatic heterocycles. The number of pyridine rings is 1. The van der Waals surface area contributed by atoms with Gasteiger partial charge in [0.15, 0.2) is 0 Å². The number of benzene rings is 1. The molecule has 0 saturated carbocycles. The molecule has 0 aliphatic carbocycles. The number of hydrogen-bond acceptors (Lipinski definition) is 3. The second kappa shape index (κ2) is 7.31. The highest BCUT2D eigenvalue weighted by Gasteiger charge is 2.47. The first-order valence-corrected chi connectivity index (χ1v) is 9.28. The van der Waals surface area contributed by atoms with Crippen LogP contribution in [-0.4, -0.2) is 35.3 Å². The smallest absolute Gasteiger partial charge is 0.359 e. The molecule has 0 unspecified atom stereocenters. The Kier molecular flexibility index (Phi) is 4.95. The fourth-order valence-corrected chi connectivity index (χ4v) is 3.53. The van der Waals surface area contributed by atoms with Crippen molar-refractivity contribution in [3.05, 3.63) is 46.7 Å². The van der Waals surface area contributed by atoms with E-state index in [-0.39, 0.29) is 23.9 Å². The summed E-state index contributed by atoms with van der Waals surface area (Å²) >= 11 is 12.1. The summed E-state index contributed by atoms with van der Waals surface area (Å²) in [6, 6.07) is 6.16. The summed E-state index contributed by atoms with van der Waals surface area (Å²) in [4.78, 5) is 20.8. The van der Waals surface area contributed by atoms with Crippen LogP contribution in [0.3, 0.4) is 0 Å². The van der Waals surface area contributed by atoms with Gasteiger partial charge < -0.3 is 20.5 Å². The molecule has 1 saturated heterocycles. The quantitative estimate of drug-likeness (QED) is 0.499. The molecule has 0 spiro atoms. The van der Waals surface area contributed by atoms with Crippen LogP contribution in [0.5, 0.6) is 0 Å². The maximum absolute atomic E-state index is 12.6. The van der Waals surface area contributed by atoms with Crippen molar-refractivity contribution in [1.82, 2.24) is 9.97 Å². The molecule has 1 aromatic carbocycles. The van der Waals surface area contributed by atoms with Gasteiger partial charge in [-0.15, -0.1) is 0 Å². The summed E-state index contributed by atoms with van der Waals surface area (Å²) in [5, 5.41) is 6.72. The Hall–Kier alpha value is -2.65. The van der Waals surface area contributed by atoms with Crippen molar-refractivity contribution in [2.24, 2.45) is 5.92 Å². The van der Waals surface area contributed by atoms with Crippen LogP contribution >= 0.6 is 23.2 Å². The molecule has 3 N–H and O–H groups in total. The van der Waals surface area contributed by atoms with Crippen LogP contribution in [-0.2, 0) is 0 Å². The molecule has 3 aromatic rings. The topological polar surface area (TPSA) is 73.1 Å². The number of fused-ring (bicyclic) bond motifs is 1. The molecule has 1 fully saturated rings. The molecule has 152 valence electrons. The number of aromatic nitrogens is 2. The SMILES string of the molecule is O=C(Nc1cnc(N2CC(C(F)(F)F)C2)c(Cl)c1)Nc1c[nH]c2ccc(Cl)cc12. The van der Waals surface area contributed by atoms with E-state index in [2.05, 4.69) is 20.6 Å². The molecular weight excluding hydrogens is 430 g/mol. The van der Waals surface area contributed by atoms with Crippen molar-refractivity contribution >= 4 is 57.3 Å². The van der Waals surface area contributed by atoms with Gasteiger partial charge in [-0.05, 0) is 24.3 Å². The summed E-state index contributed by atoms with van der Waals surface area (Å²) in [7, 11) is 0. The number of rotatable bonds is 3. The van der Waals surface area contributed by atoms with Crippen molar-refractivity contribution in [2.45, 2.75) is 6.18 Å². The number of urea groups is 1. The van der Waals surface area contributed by atoms with Gasteiger partial charge in [0.1, 0.15) is 5.82 Å². The lowest BCUT2D eigenvalue weighted by atomic mass is 10.00. The molecular formula is C18H14Cl2F3N5O. The molecule has 3 heterocycles. The lowest BCUT2D eigenvalue weighted by Crippen LogP contribution is -2.53. The fourth-order valence-electron chi connectivity index (χ4n) is 3.07. The van der Waals surface area contributed by atoms with Gasteiger partial charge in [0.2, 0.25) is 0 Å². The van der Waals surface area contributed by atoms with Gasteiger partial charge in [-0.1, -0.05) is 23.2 Å². The zero-order valence-electron chi connectivity index (χ0n) is 14.6. The molecule has 2 amide bonds. The highest BCUT2D eigenvalue weighted by Crippen LogP contribution is 2.38. The Labute approximate surface area is 173 Å². The van der Waals surface area contributed by atoms with Crippen LogP contribution in [0.15, 0.2) is 36.7 Å². The van der Waals surface area contributed by atoms with Crippen LogP contribution < -0.4 is 15.5 Å². The lowest BCUT2D eigenvalue weighted by molar-refractivity contribution is -0.180. The van der Waals surface area contributed by atoms with Crippen LogP contribution in [0.4, 0.5) is 35.2 Å². The van der Waals surface area contributed by atoms with Gasteiger partial charge in [0, 0.05) is 35.2 Å². The van der Waals surface area contributed by atoms with Gasteiger partial charge >= 0.3 is 12.2 Å². The third-order valence-electron chi connectivity index (χ3n) is 4.62. The number of halogens is 5. The van der Waals surface area contributed by atoms with E-state index in [0.717, 1.165) is 10.9 Å². The maximum Gasteiger partial charge on any atom is 0.395 e. The van der Waals surface area contributed by atoms with E-state index in [9.17, 15) is 18.0 Å². The van der Waals surface area contributed by atoms with E-state index < -0.39 is 18.1 Å². The summed E-state index contributed by atoms with van der Waals surface area (Å²) in [5.74, 6) is -1.13. The first-order valence-electron chi connectivity index (χ1n) is 8.52. The van der Waals surface area contributed by atoms with Crippen LogP contribution in [0.2, 0.25) is 10.0 Å². The predicted octanol–water partition coefficient (Wildman–Crippen LogP) is 5.51. The predicted molar refractivity (Wildman–Crippen MR) is 107 cm³/mol. The fraction of sp³-hybridized carbons (Fsp3) is 0.222. The number of anilines is 3. The van der Waals surface area contributed by atoms with Crippen molar-refractivity contribution < 1.29 is 18.0 Å². The number of carbonyl (C=O) groups excluding carboxylic acids is 1. The molecule has 1 aliphatic heterocycles. The Morgan fingerprint density at radius 2 is 1.97 bits per heavy atom. The number of aromatic amines is 1. The van der Waals surface area contributed by atoms with E-state index in [4.69, 9.17) is 23.2 Å². The van der Waals surface area contributed by atoms with E-state index in [1.165, 1.54) is 17.2 Å². The summed E-state index contributed by atoms with van der Waals surface area (Å²) < 4.78 is 37.9. The minimum absolute atomic E-state index is 0.155. The van der Waals surface area contributed by atoms with E-state index >= 15 is 0 Å². The standard InChI is InChI=1S/C18H14Cl2F3N5O/c19-10-1-2-14-12(3-10)15(6-24-14)27-17(29)26-11-4-13(20)16(25-5-11)28-7-9(8-28)18(21,22)23/h1-6,9,24H,7-8H2,(H2,26,27,29). The zero-order valence-corrected chi connectivity index (χ0v) is 16.2. The third-order valence-corrected chi connectivity index (χ3v) is 5.13. The number of nitrogens with zero attached hydrogens (tertiary/aromatic N) is 2. The first kappa shape index (κ1) is 19.7. The van der Waals surface area contributed by atoms with Gasteiger partial charge in [-0.2, -0.15) is 13.2 Å². The van der Waals surface area contributed by atoms with Crippen molar-refractivity contribution in [2.75, 3.05) is 28.6 Å². The Morgan fingerprint density at radius 1 is 1.21 bits per heavy atom. The summed E-state index contributed by atoms with van der Waals surface area (Å²) in [5.41, 5.74) is 1.65. The van der Waals surface area contributed by atoms with E-state index in [1.54, 1.807) is 24.4 Å². The van der Waals surface area contributed by atoms with Gasteiger partial charge in [-0.3, -0.25) is 0 Å². The van der Waals surface area contributed by atoms with Crippen LogP contribution in [0.1, 0.15) is 0 Å². The number of carbonyl (C=O) groups is 1. The summed E-state index contributed by atoms with van der Waals surface area (Å²) in [6.07, 6.45) is -1.25. The van der Waals surface area contributed by atoms with Crippen molar-refractivity contribution in [3.63, 3.8) is 0 Å². The van der Waals surface area contributed by atoms with Crippen molar-refractivity contribution in [3.8, 4) is 0 Å². The lowest BCUT2D eigenvalue weighted by Gasteiger charge is -2.41. The minimum Gasteiger partial charge on any atom is -0.359 e. The second-order valence-corrected chi connectivity index (χ2v) is 7.49. The number of hydrogen-bond donors (Lipinski definition) is 3. The average molecular weight is 444 g/mol. The van der Waals surface area contributed by atoms with Gasteiger partial charge in [0.25, 0.3) is 0 Å². The Balaban J connectivity index is 1.41. The maximum atomic E-state index is 12.6. The Morgan fingerprint density at radius 3 is 2.66 bits per heavy atom. The first-order chi connectivity index (χ1) is 13.7. The highest BCUT2D eigenvalue weighted by molar-refractivity contribution is 6.33. The monoisotopic (exact) mass is 443 g/mol. The van der Waals surface area contributed by atoms with E-state index in [1.807, 2.05) is 0 Å². The number of nitrogens with one attached hydrogen (secondary N) is 3. The van der Waals surface area contributed by atoms with E-state index in [0.29, 0.717) is 16.4 Å². The zero-order chi connectivity index (χ0) is 20.8. The Bertz CT molecular complexity index is 1080. The highest BCUT2D eigenvalue weighted by atomic mass is 35.5. The number of alkyl halides is 3. The van der Waals surface area contributed by atoms with Crippen LogP contribution in [0, 0.1) is 5.92 Å². The molecule has 0 atom stereocenters. The molecule has 11 heteroatoms. The molecule has 1 aliphatic rings. The van der Waals surface area contributed by atoms with Crippen molar-refractivity contribution in [1.29, 1.82) is 0 Å². The molecule has 4 rings (SSSR count).